The molecule has 1 aromatic carbocycles. The van der Waals surface area contributed by atoms with E-state index < -0.39 is 0 Å². The molecule has 1 aliphatic rings. The highest BCUT2D eigenvalue weighted by Crippen LogP contribution is 2.18. The van der Waals surface area contributed by atoms with E-state index in [9.17, 15) is 9.59 Å². The number of hydrogen-bond donors (Lipinski definition) is 3. The van der Waals surface area contributed by atoms with Gasteiger partial charge in [0.25, 0.3) is 5.91 Å². The highest BCUT2D eigenvalue weighted by atomic mass is 35.5. The lowest BCUT2D eigenvalue weighted by Gasteiger charge is -2.10. The van der Waals surface area contributed by atoms with Gasteiger partial charge in [0.05, 0.1) is 11.8 Å². The molecule has 134 valence electrons. The summed E-state index contributed by atoms with van der Waals surface area (Å²) in [6.45, 7) is 2.05. The second-order valence-electron chi connectivity index (χ2n) is 5.99. The molecule has 2 heterocycles. The van der Waals surface area contributed by atoms with Crippen molar-refractivity contribution in [1.29, 1.82) is 0 Å². The molecule has 6 nitrogen and oxygen atoms in total. The van der Waals surface area contributed by atoms with Crippen LogP contribution in [0.15, 0.2) is 47.3 Å². The molecule has 0 spiro atoms. The van der Waals surface area contributed by atoms with Gasteiger partial charge in [-0.05, 0) is 56.1 Å². The number of anilines is 2. The maximum Gasteiger partial charge on any atom is 0.258 e. The molecule has 1 saturated heterocycles. The van der Waals surface area contributed by atoms with Crippen LogP contribution < -0.4 is 16.0 Å². The van der Waals surface area contributed by atoms with Gasteiger partial charge in [-0.3, -0.25) is 9.59 Å². The topological polar surface area (TPSA) is 83.4 Å². The summed E-state index contributed by atoms with van der Waals surface area (Å²) in [5.41, 5.74) is 1.75. The maximum atomic E-state index is 12.1. The molecule has 1 aromatic heterocycles. The number of furan rings is 1. The number of nitrogens with one attached hydrogen (secondary N) is 3. The van der Waals surface area contributed by atoms with Crippen LogP contribution >= 0.6 is 12.4 Å². The summed E-state index contributed by atoms with van der Waals surface area (Å²) < 4.78 is 4.90. The molecule has 0 bridgehead atoms. The Morgan fingerprint density at radius 1 is 1.20 bits per heavy atom. The fraction of sp³-hybridized carbons (Fsp3) is 0.333. The minimum Gasteiger partial charge on any atom is -0.472 e. The molecular formula is C18H22ClN3O3. The van der Waals surface area contributed by atoms with E-state index in [0.717, 1.165) is 25.9 Å². The molecule has 0 radical (unpaired) electrons. The SMILES string of the molecule is Cl.O=C(CCC1CCNC1)Nc1cccc(NC(=O)c2ccoc2)c1. The zero-order chi connectivity index (χ0) is 16.8. The fourth-order valence-electron chi connectivity index (χ4n) is 2.79. The Balaban J connectivity index is 0.00000225. The van der Waals surface area contributed by atoms with Crippen molar-refractivity contribution < 1.29 is 14.0 Å². The van der Waals surface area contributed by atoms with E-state index in [0.29, 0.717) is 29.3 Å². The maximum absolute atomic E-state index is 12.1. The van der Waals surface area contributed by atoms with Crippen molar-refractivity contribution in [2.24, 2.45) is 5.92 Å². The minimum absolute atomic E-state index is 0. The van der Waals surface area contributed by atoms with Gasteiger partial charge in [0, 0.05) is 17.8 Å². The summed E-state index contributed by atoms with van der Waals surface area (Å²) >= 11 is 0. The number of carbonyl (C=O) groups is 2. The summed E-state index contributed by atoms with van der Waals surface area (Å²) in [5, 5.41) is 8.97. The lowest BCUT2D eigenvalue weighted by molar-refractivity contribution is -0.116. The molecule has 3 N–H and O–H groups in total. The zero-order valence-corrected chi connectivity index (χ0v) is 14.6. The molecule has 2 amide bonds. The molecule has 1 fully saturated rings. The van der Waals surface area contributed by atoms with E-state index in [1.165, 1.54) is 12.5 Å². The zero-order valence-electron chi connectivity index (χ0n) is 13.8. The van der Waals surface area contributed by atoms with E-state index in [2.05, 4.69) is 16.0 Å². The van der Waals surface area contributed by atoms with Crippen LogP contribution in [-0.2, 0) is 4.79 Å². The van der Waals surface area contributed by atoms with Gasteiger partial charge in [-0.25, -0.2) is 0 Å². The number of benzene rings is 1. The predicted molar refractivity (Wildman–Crippen MR) is 99.2 cm³/mol. The van der Waals surface area contributed by atoms with Gasteiger partial charge in [-0.2, -0.15) is 0 Å². The molecule has 1 unspecified atom stereocenters. The second kappa shape index (κ2) is 9.25. The molecule has 3 rings (SSSR count). The summed E-state index contributed by atoms with van der Waals surface area (Å²) in [6, 6.07) is 8.72. The highest BCUT2D eigenvalue weighted by molar-refractivity contribution is 6.04. The van der Waals surface area contributed by atoms with Gasteiger partial charge >= 0.3 is 0 Å². The largest absolute Gasteiger partial charge is 0.472 e. The first-order valence-electron chi connectivity index (χ1n) is 8.15. The Morgan fingerprint density at radius 3 is 2.68 bits per heavy atom. The Hall–Kier alpha value is -2.31. The van der Waals surface area contributed by atoms with Crippen LogP contribution in [0.3, 0.4) is 0 Å². The third kappa shape index (κ3) is 5.62. The van der Waals surface area contributed by atoms with Crippen molar-refractivity contribution >= 4 is 35.6 Å². The van der Waals surface area contributed by atoms with Crippen LogP contribution in [0, 0.1) is 5.92 Å². The van der Waals surface area contributed by atoms with E-state index in [4.69, 9.17) is 4.42 Å². The smallest absolute Gasteiger partial charge is 0.258 e. The molecule has 7 heteroatoms. The first-order valence-corrected chi connectivity index (χ1v) is 8.15. The molecule has 25 heavy (non-hydrogen) atoms. The number of halogens is 1. The first-order chi connectivity index (χ1) is 11.7. The fourth-order valence-corrected chi connectivity index (χ4v) is 2.79. The summed E-state index contributed by atoms with van der Waals surface area (Å²) in [6.07, 6.45) is 5.39. The van der Waals surface area contributed by atoms with Gasteiger partial charge in [-0.1, -0.05) is 6.07 Å². The highest BCUT2D eigenvalue weighted by Gasteiger charge is 2.15. The first kappa shape index (κ1) is 19.0. The third-order valence-corrected chi connectivity index (χ3v) is 4.13. The summed E-state index contributed by atoms with van der Waals surface area (Å²) in [5.74, 6) is 0.345. The number of rotatable bonds is 6. The van der Waals surface area contributed by atoms with Gasteiger partial charge < -0.3 is 20.4 Å². The lowest BCUT2D eigenvalue weighted by Crippen LogP contribution is -2.15. The Morgan fingerprint density at radius 2 is 2.00 bits per heavy atom. The van der Waals surface area contributed by atoms with Crippen LogP contribution in [-0.4, -0.2) is 24.9 Å². The van der Waals surface area contributed by atoms with E-state index >= 15 is 0 Å². The predicted octanol–water partition coefficient (Wildman–Crippen LogP) is 3.28. The van der Waals surface area contributed by atoms with Crippen molar-refractivity contribution in [3.63, 3.8) is 0 Å². The third-order valence-electron chi connectivity index (χ3n) is 4.13. The van der Waals surface area contributed by atoms with Crippen LogP contribution in [0.25, 0.3) is 0 Å². The van der Waals surface area contributed by atoms with Gasteiger partial charge in [0.1, 0.15) is 6.26 Å². The van der Waals surface area contributed by atoms with E-state index in [-0.39, 0.29) is 24.2 Å². The number of amides is 2. The second-order valence-corrected chi connectivity index (χ2v) is 5.99. The van der Waals surface area contributed by atoms with Crippen molar-refractivity contribution in [3.05, 3.63) is 48.4 Å². The average Bonchev–Trinajstić information content (AvgIpc) is 3.27. The van der Waals surface area contributed by atoms with E-state index in [1.807, 2.05) is 6.07 Å². The van der Waals surface area contributed by atoms with Gasteiger partial charge in [0.15, 0.2) is 0 Å². The van der Waals surface area contributed by atoms with Gasteiger partial charge in [0.2, 0.25) is 5.91 Å². The lowest BCUT2D eigenvalue weighted by atomic mass is 10.0. The quantitative estimate of drug-likeness (QED) is 0.735. The van der Waals surface area contributed by atoms with Gasteiger partial charge in [-0.15, -0.1) is 12.4 Å². The minimum atomic E-state index is -0.249. The van der Waals surface area contributed by atoms with Crippen molar-refractivity contribution in [1.82, 2.24) is 5.32 Å². The van der Waals surface area contributed by atoms with Crippen LogP contribution in [0.2, 0.25) is 0 Å². The van der Waals surface area contributed by atoms with Crippen molar-refractivity contribution in [3.8, 4) is 0 Å². The molecule has 0 aliphatic carbocycles. The Labute approximate surface area is 152 Å². The van der Waals surface area contributed by atoms with E-state index in [1.54, 1.807) is 24.3 Å². The molecule has 1 atom stereocenters. The van der Waals surface area contributed by atoms with Crippen LogP contribution in [0.4, 0.5) is 11.4 Å². The molecule has 1 aliphatic heterocycles. The number of carbonyl (C=O) groups excluding carboxylic acids is 2. The van der Waals surface area contributed by atoms with Crippen molar-refractivity contribution in [2.75, 3.05) is 23.7 Å². The number of hydrogen-bond acceptors (Lipinski definition) is 4. The average molecular weight is 364 g/mol. The van der Waals surface area contributed by atoms with Crippen LogP contribution in [0.5, 0.6) is 0 Å². The normalized spacial score (nSPS) is 16.1. The van der Waals surface area contributed by atoms with Crippen LogP contribution in [0.1, 0.15) is 29.6 Å². The standard InChI is InChI=1S/C18H21N3O3.ClH/c22-17(5-4-13-6-8-19-11-13)20-15-2-1-3-16(10-15)21-18(23)14-7-9-24-12-14;/h1-3,7,9-10,12-13,19H,4-6,8,11H2,(H,20,22)(H,21,23);1H. The Bertz CT molecular complexity index is 697. The summed E-state index contributed by atoms with van der Waals surface area (Å²) in [4.78, 5) is 24.1. The van der Waals surface area contributed by atoms with Crippen molar-refractivity contribution in [2.45, 2.75) is 19.3 Å². The Kier molecular flexibility index (Phi) is 7.03. The molecule has 0 saturated carbocycles. The molecular weight excluding hydrogens is 342 g/mol. The monoisotopic (exact) mass is 363 g/mol. The summed E-state index contributed by atoms with van der Waals surface area (Å²) in [7, 11) is 0. The molecule has 2 aromatic rings.